The Morgan fingerprint density at radius 1 is 1.35 bits per heavy atom. The number of carbonyl (C=O) groups excluding carboxylic acids is 1. The number of carboxylic acids is 1. The second kappa shape index (κ2) is 5.99. The third-order valence-electron chi connectivity index (χ3n) is 4.34. The van der Waals surface area contributed by atoms with Gasteiger partial charge in [0.25, 0.3) is 0 Å². The predicted molar refractivity (Wildman–Crippen MR) is 73.3 cm³/mol. The zero-order valence-electron chi connectivity index (χ0n) is 12.0. The quantitative estimate of drug-likeness (QED) is 0.707. The minimum absolute atomic E-state index is 0.0968. The van der Waals surface area contributed by atoms with Crippen LogP contribution in [-0.2, 0) is 4.79 Å². The standard InChI is InChI=1S/C14H24N2O4/c1-10-3-2-6-14(9-10,12(18)19)15-13(20)16(7-8-17)11-4-5-11/h10-11,17H,2-9H2,1H3,(H,15,20)(H,18,19). The van der Waals surface area contributed by atoms with E-state index in [9.17, 15) is 14.7 Å². The number of amides is 2. The second-order valence-corrected chi connectivity index (χ2v) is 6.17. The van der Waals surface area contributed by atoms with Crippen molar-refractivity contribution < 1.29 is 19.8 Å². The molecule has 2 aliphatic rings. The van der Waals surface area contributed by atoms with E-state index in [1.54, 1.807) is 4.90 Å². The van der Waals surface area contributed by atoms with Crippen LogP contribution in [-0.4, -0.2) is 51.8 Å². The molecular formula is C14H24N2O4. The first kappa shape index (κ1) is 15.1. The molecule has 2 aliphatic carbocycles. The normalized spacial score (nSPS) is 29.8. The number of rotatable bonds is 5. The highest BCUT2D eigenvalue weighted by molar-refractivity contribution is 5.86. The number of urea groups is 1. The van der Waals surface area contributed by atoms with Gasteiger partial charge >= 0.3 is 12.0 Å². The minimum atomic E-state index is -1.14. The Labute approximate surface area is 119 Å². The van der Waals surface area contributed by atoms with Gasteiger partial charge in [0.2, 0.25) is 0 Å². The fourth-order valence-corrected chi connectivity index (χ4v) is 3.13. The van der Waals surface area contributed by atoms with Crippen molar-refractivity contribution in [3.63, 3.8) is 0 Å². The Morgan fingerprint density at radius 3 is 2.55 bits per heavy atom. The molecule has 0 aromatic carbocycles. The lowest BCUT2D eigenvalue weighted by Gasteiger charge is -2.38. The molecule has 0 heterocycles. The van der Waals surface area contributed by atoms with Crippen LogP contribution >= 0.6 is 0 Å². The average Bonchev–Trinajstić information content (AvgIpc) is 3.19. The number of aliphatic hydroxyl groups excluding tert-OH is 1. The van der Waals surface area contributed by atoms with Crippen LogP contribution in [0, 0.1) is 5.92 Å². The molecular weight excluding hydrogens is 260 g/mol. The molecule has 20 heavy (non-hydrogen) atoms. The summed E-state index contributed by atoms with van der Waals surface area (Å²) in [4.78, 5) is 25.6. The first-order valence-electron chi connectivity index (χ1n) is 7.41. The Morgan fingerprint density at radius 2 is 2.05 bits per heavy atom. The molecule has 2 rings (SSSR count). The van der Waals surface area contributed by atoms with E-state index in [0.29, 0.717) is 18.8 Å². The van der Waals surface area contributed by atoms with E-state index in [-0.39, 0.29) is 25.2 Å². The average molecular weight is 284 g/mol. The molecule has 6 heteroatoms. The fourth-order valence-electron chi connectivity index (χ4n) is 3.13. The van der Waals surface area contributed by atoms with Gasteiger partial charge in [0, 0.05) is 12.6 Å². The van der Waals surface area contributed by atoms with Crippen molar-refractivity contribution in [2.45, 2.75) is 57.0 Å². The van der Waals surface area contributed by atoms with E-state index in [4.69, 9.17) is 5.11 Å². The monoisotopic (exact) mass is 284 g/mol. The molecule has 0 bridgehead atoms. The summed E-state index contributed by atoms with van der Waals surface area (Å²) in [5, 5.41) is 21.3. The number of carboxylic acid groups (broad SMARTS) is 1. The molecule has 114 valence electrons. The predicted octanol–water partition coefficient (Wildman–Crippen LogP) is 1.19. The Kier molecular flexibility index (Phi) is 4.52. The van der Waals surface area contributed by atoms with E-state index in [1.165, 1.54) is 0 Å². The van der Waals surface area contributed by atoms with Gasteiger partial charge in [-0.2, -0.15) is 0 Å². The van der Waals surface area contributed by atoms with Crippen LogP contribution in [0.2, 0.25) is 0 Å². The van der Waals surface area contributed by atoms with E-state index in [1.807, 2.05) is 6.92 Å². The van der Waals surface area contributed by atoms with Crippen LogP contribution in [0.25, 0.3) is 0 Å². The highest BCUT2D eigenvalue weighted by Crippen LogP contribution is 2.33. The largest absolute Gasteiger partial charge is 0.480 e. The first-order chi connectivity index (χ1) is 9.48. The third kappa shape index (κ3) is 3.23. The number of aliphatic hydroxyl groups is 1. The lowest BCUT2D eigenvalue weighted by molar-refractivity contribution is -0.146. The maximum atomic E-state index is 12.3. The second-order valence-electron chi connectivity index (χ2n) is 6.17. The summed E-state index contributed by atoms with van der Waals surface area (Å²) >= 11 is 0. The summed E-state index contributed by atoms with van der Waals surface area (Å²) in [5.74, 6) is -0.649. The lowest BCUT2D eigenvalue weighted by atomic mass is 9.76. The van der Waals surface area contributed by atoms with Gasteiger partial charge in [0.15, 0.2) is 0 Å². The van der Waals surface area contributed by atoms with Gasteiger partial charge in [-0.1, -0.05) is 19.8 Å². The molecule has 6 nitrogen and oxygen atoms in total. The Hall–Kier alpha value is -1.30. The highest BCUT2D eigenvalue weighted by atomic mass is 16.4. The zero-order chi connectivity index (χ0) is 14.8. The van der Waals surface area contributed by atoms with Gasteiger partial charge in [-0.15, -0.1) is 0 Å². The number of nitrogens with zero attached hydrogens (tertiary/aromatic N) is 1. The van der Waals surface area contributed by atoms with Gasteiger partial charge in [0.05, 0.1) is 6.61 Å². The van der Waals surface area contributed by atoms with E-state index in [2.05, 4.69) is 5.32 Å². The number of hydrogen-bond donors (Lipinski definition) is 3. The smallest absolute Gasteiger partial charge is 0.329 e. The zero-order valence-corrected chi connectivity index (χ0v) is 12.0. The molecule has 0 aromatic heterocycles. The Balaban J connectivity index is 2.06. The molecule has 0 saturated heterocycles. The van der Waals surface area contributed by atoms with Crippen molar-refractivity contribution in [1.82, 2.24) is 10.2 Å². The summed E-state index contributed by atoms with van der Waals surface area (Å²) in [6.45, 7) is 2.19. The van der Waals surface area contributed by atoms with Gasteiger partial charge in [-0.05, 0) is 31.6 Å². The molecule has 2 saturated carbocycles. The van der Waals surface area contributed by atoms with Crippen LogP contribution < -0.4 is 5.32 Å². The minimum Gasteiger partial charge on any atom is -0.480 e. The fraction of sp³-hybridized carbons (Fsp3) is 0.857. The van der Waals surface area contributed by atoms with E-state index in [0.717, 1.165) is 25.7 Å². The van der Waals surface area contributed by atoms with Crippen molar-refractivity contribution in [3.05, 3.63) is 0 Å². The maximum absolute atomic E-state index is 12.3. The molecule has 2 amide bonds. The molecule has 0 aliphatic heterocycles. The van der Waals surface area contributed by atoms with Crippen molar-refractivity contribution in [3.8, 4) is 0 Å². The van der Waals surface area contributed by atoms with Crippen molar-refractivity contribution in [1.29, 1.82) is 0 Å². The van der Waals surface area contributed by atoms with Crippen LogP contribution in [0.15, 0.2) is 0 Å². The van der Waals surface area contributed by atoms with Gasteiger partial charge < -0.3 is 20.4 Å². The summed E-state index contributed by atoms with van der Waals surface area (Å²) in [7, 11) is 0. The highest BCUT2D eigenvalue weighted by Gasteiger charge is 2.45. The van der Waals surface area contributed by atoms with Crippen molar-refractivity contribution in [2.75, 3.05) is 13.2 Å². The summed E-state index contributed by atoms with van der Waals surface area (Å²) in [6.07, 6.45) is 4.65. The van der Waals surface area contributed by atoms with Crippen LogP contribution in [0.1, 0.15) is 45.4 Å². The SMILES string of the molecule is CC1CCCC(NC(=O)N(CCO)C2CC2)(C(=O)O)C1. The number of carbonyl (C=O) groups is 2. The Bertz CT molecular complexity index is 383. The maximum Gasteiger partial charge on any atom is 0.329 e. The van der Waals surface area contributed by atoms with Gasteiger partial charge in [0.1, 0.15) is 5.54 Å². The molecule has 0 radical (unpaired) electrons. The van der Waals surface area contributed by atoms with Crippen molar-refractivity contribution >= 4 is 12.0 Å². The van der Waals surface area contributed by atoms with E-state index >= 15 is 0 Å². The third-order valence-corrected chi connectivity index (χ3v) is 4.34. The van der Waals surface area contributed by atoms with E-state index < -0.39 is 11.5 Å². The number of hydrogen-bond acceptors (Lipinski definition) is 3. The number of aliphatic carboxylic acids is 1. The summed E-state index contributed by atoms with van der Waals surface area (Å²) < 4.78 is 0. The van der Waals surface area contributed by atoms with Crippen LogP contribution in [0.4, 0.5) is 4.79 Å². The van der Waals surface area contributed by atoms with Crippen molar-refractivity contribution in [2.24, 2.45) is 5.92 Å². The number of nitrogens with one attached hydrogen (secondary N) is 1. The molecule has 0 spiro atoms. The van der Waals surface area contributed by atoms with Crippen LogP contribution in [0.3, 0.4) is 0 Å². The summed E-state index contributed by atoms with van der Waals surface area (Å²) in [5.41, 5.74) is -1.14. The van der Waals surface area contributed by atoms with Gasteiger partial charge in [-0.25, -0.2) is 9.59 Å². The molecule has 2 fully saturated rings. The van der Waals surface area contributed by atoms with Crippen LogP contribution in [0.5, 0.6) is 0 Å². The topological polar surface area (TPSA) is 89.9 Å². The molecule has 2 unspecified atom stereocenters. The lowest BCUT2D eigenvalue weighted by Crippen LogP contribution is -2.60. The summed E-state index contributed by atoms with van der Waals surface area (Å²) in [6, 6.07) is -0.188. The first-order valence-corrected chi connectivity index (χ1v) is 7.41. The molecule has 3 N–H and O–H groups in total. The van der Waals surface area contributed by atoms with Gasteiger partial charge in [-0.3, -0.25) is 0 Å². The molecule has 2 atom stereocenters. The molecule has 0 aromatic rings.